The Kier molecular flexibility index (Phi) is 6.84. The highest BCUT2D eigenvalue weighted by molar-refractivity contribution is 5.87. The highest BCUT2D eigenvalue weighted by Crippen LogP contribution is 2.60. The number of hydrogen-bond donors (Lipinski definition) is 2. The van der Waals surface area contributed by atoms with Crippen molar-refractivity contribution in [2.24, 2.45) is 5.41 Å². The topological polar surface area (TPSA) is 67.8 Å². The number of alkyl halides is 8. The van der Waals surface area contributed by atoms with Gasteiger partial charge in [-0.25, -0.2) is 0 Å². The van der Waals surface area contributed by atoms with Crippen LogP contribution in [0.1, 0.15) is 24.8 Å². The molecular weight excluding hydrogens is 434 g/mol. The number of nitrogens with one attached hydrogen (secondary N) is 1. The first-order valence-electron chi connectivity index (χ1n) is 8.28. The molecule has 0 radical (unpaired) electrons. The molecule has 0 spiro atoms. The number of benzene rings is 1. The van der Waals surface area contributed by atoms with E-state index in [0.29, 0.717) is 6.26 Å². The maximum Gasteiger partial charge on any atom is 0.573 e. The van der Waals surface area contributed by atoms with Gasteiger partial charge in [-0.2, -0.15) is 22.0 Å². The van der Waals surface area contributed by atoms with E-state index in [9.17, 15) is 45.0 Å². The second-order valence-corrected chi connectivity index (χ2v) is 6.43. The fraction of sp³-hybridized carbons (Fsp3) is 0.471. The van der Waals surface area contributed by atoms with Gasteiger partial charge in [0.2, 0.25) is 5.91 Å². The number of carbonyl (C=O) groups is 1. The van der Waals surface area contributed by atoms with Crippen LogP contribution in [0.3, 0.4) is 0 Å². The number of aliphatic hydroxyl groups is 1. The van der Waals surface area contributed by atoms with Crippen molar-refractivity contribution in [3.63, 3.8) is 0 Å². The van der Waals surface area contributed by atoms with E-state index in [4.69, 9.17) is 0 Å². The summed E-state index contributed by atoms with van der Waals surface area (Å²) in [7, 11) is 0. The van der Waals surface area contributed by atoms with Crippen LogP contribution in [0.25, 0.3) is 5.70 Å². The number of rotatable bonds is 8. The Bertz CT molecular complexity index is 787. The van der Waals surface area contributed by atoms with E-state index in [2.05, 4.69) is 9.47 Å². The van der Waals surface area contributed by atoms with Gasteiger partial charge < -0.3 is 19.9 Å². The third-order valence-electron chi connectivity index (χ3n) is 4.31. The Hall–Kier alpha value is -2.57. The zero-order valence-electron chi connectivity index (χ0n) is 14.9. The molecule has 0 aliphatic heterocycles. The van der Waals surface area contributed by atoms with Gasteiger partial charge in [0.05, 0.1) is 23.6 Å². The van der Waals surface area contributed by atoms with Gasteiger partial charge >= 0.3 is 19.2 Å². The van der Waals surface area contributed by atoms with E-state index in [1.165, 1.54) is 0 Å². The van der Waals surface area contributed by atoms with Crippen LogP contribution >= 0.6 is 0 Å². The molecule has 13 heteroatoms. The molecule has 30 heavy (non-hydrogen) atoms. The number of carbonyl (C=O) groups excluding carboxylic acids is 1. The van der Waals surface area contributed by atoms with Crippen LogP contribution in [0.15, 0.2) is 30.5 Å². The third kappa shape index (κ3) is 6.21. The van der Waals surface area contributed by atoms with Crippen LogP contribution in [0, 0.1) is 5.41 Å². The Balaban J connectivity index is 2.17. The van der Waals surface area contributed by atoms with E-state index in [-0.39, 0.29) is 18.4 Å². The Morgan fingerprint density at radius 1 is 1.20 bits per heavy atom. The van der Waals surface area contributed by atoms with E-state index in [1.807, 2.05) is 5.32 Å². The quantitative estimate of drug-likeness (QED) is 0.458. The average molecular weight is 449 g/mol. The SMILES string of the molecule is O=C(C[C@@H](O)C1(C(F)(F)F)CC1)N/C(=C/OC(F)F)c1cccc(OC(F)(F)F)c1. The number of hydrogen-bond acceptors (Lipinski definition) is 4. The first-order valence-corrected chi connectivity index (χ1v) is 8.28. The lowest BCUT2D eigenvalue weighted by molar-refractivity contribution is -0.274. The van der Waals surface area contributed by atoms with Crippen molar-refractivity contribution in [2.75, 3.05) is 0 Å². The van der Waals surface area contributed by atoms with Gasteiger partial charge in [0, 0.05) is 5.56 Å². The van der Waals surface area contributed by atoms with E-state index < -0.39 is 54.4 Å². The summed E-state index contributed by atoms with van der Waals surface area (Å²) >= 11 is 0. The van der Waals surface area contributed by atoms with E-state index >= 15 is 0 Å². The molecule has 0 bridgehead atoms. The monoisotopic (exact) mass is 449 g/mol. The van der Waals surface area contributed by atoms with Crippen LogP contribution in [0.2, 0.25) is 0 Å². The fourth-order valence-electron chi connectivity index (χ4n) is 2.66. The molecule has 1 aromatic rings. The maximum absolute atomic E-state index is 13.0. The Morgan fingerprint density at radius 3 is 2.33 bits per heavy atom. The highest BCUT2D eigenvalue weighted by Gasteiger charge is 2.67. The zero-order chi connectivity index (χ0) is 22.7. The number of aliphatic hydroxyl groups excluding tert-OH is 1. The van der Waals surface area contributed by atoms with Gasteiger partial charge in [0.15, 0.2) is 0 Å². The fourth-order valence-corrected chi connectivity index (χ4v) is 2.66. The molecule has 0 unspecified atom stereocenters. The van der Waals surface area contributed by atoms with Gasteiger partial charge in [-0.1, -0.05) is 12.1 Å². The van der Waals surface area contributed by atoms with Gasteiger partial charge in [0.1, 0.15) is 12.0 Å². The molecule has 1 saturated carbocycles. The minimum atomic E-state index is -5.05. The lowest BCUT2D eigenvalue weighted by Gasteiger charge is -2.24. The molecule has 1 aromatic carbocycles. The first kappa shape index (κ1) is 23.7. The maximum atomic E-state index is 13.0. The van der Waals surface area contributed by atoms with Gasteiger partial charge in [-0.3, -0.25) is 4.79 Å². The normalized spacial score (nSPS) is 17.5. The smallest absolute Gasteiger partial charge is 0.441 e. The zero-order valence-corrected chi connectivity index (χ0v) is 14.9. The molecule has 168 valence electrons. The van der Waals surface area contributed by atoms with E-state index in [0.717, 1.165) is 24.3 Å². The molecule has 1 atom stereocenters. The summed E-state index contributed by atoms with van der Waals surface area (Å²) in [6.45, 7) is -3.35. The molecule has 0 heterocycles. The van der Waals surface area contributed by atoms with Crippen molar-refractivity contribution in [3.8, 4) is 5.75 Å². The van der Waals surface area contributed by atoms with Crippen molar-refractivity contribution in [1.82, 2.24) is 5.32 Å². The second kappa shape index (κ2) is 8.66. The standard InChI is InChI=1S/C17H15F8NO4/c18-14(19)29-8-11(9-2-1-3-10(6-9)30-17(23,24)25)26-13(28)7-12(27)15(4-5-15)16(20,21)22/h1-3,6,8,12,14,27H,4-5,7H2,(H,26,28)/b11-8+/t12-/m1/s1. The summed E-state index contributed by atoms with van der Waals surface area (Å²) in [6.07, 6.45) is -13.3. The molecular formula is C17H15F8NO4. The molecule has 1 amide bonds. The molecule has 1 fully saturated rings. The number of halogens is 8. The predicted octanol–water partition coefficient (Wildman–Crippen LogP) is 4.33. The van der Waals surface area contributed by atoms with Crippen LogP contribution in [-0.4, -0.2) is 36.3 Å². The minimum Gasteiger partial charge on any atom is -0.441 e. The van der Waals surface area contributed by atoms with Crippen LogP contribution < -0.4 is 10.1 Å². The van der Waals surface area contributed by atoms with Crippen LogP contribution in [0.5, 0.6) is 5.75 Å². The summed E-state index contributed by atoms with van der Waals surface area (Å²) in [5.74, 6) is -1.93. The van der Waals surface area contributed by atoms with Gasteiger partial charge in [-0.05, 0) is 25.0 Å². The molecule has 1 aliphatic carbocycles. The molecule has 0 saturated heterocycles. The van der Waals surface area contributed by atoms with Crippen molar-refractivity contribution in [1.29, 1.82) is 0 Å². The summed E-state index contributed by atoms with van der Waals surface area (Å²) in [5, 5.41) is 11.8. The summed E-state index contributed by atoms with van der Waals surface area (Å²) in [6, 6.07) is 3.80. The number of ether oxygens (including phenoxy) is 2. The van der Waals surface area contributed by atoms with Crippen molar-refractivity contribution in [3.05, 3.63) is 36.1 Å². The summed E-state index contributed by atoms with van der Waals surface area (Å²) < 4.78 is 108. The molecule has 5 nitrogen and oxygen atoms in total. The van der Waals surface area contributed by atoms with E-state index in [1.54, 1.807) is 0 Å². The Morgan fingerprint density at radius 2 is 1.83 bits per heavy atom. The average Bonchev–Trinajstić information content (AvgIpc) is 3.38. The number of amides is 1. The lowest BCUT2D eigenvalue weighted by atomic mass is 9.95. The second-order valence-electron chi connectivity index (χ2n) is 6.43. The predicted molar refractivity (Wildman–Crippen MR) is 84.7 cm³/mol. The largest absolute Gasteiger partial charge is 0.573 e. The van der Waals surface area contributed by atoms with Gasteiger partial charge in [0.25, 0.3) is 0 Å². The highest BCUT2D eigenvalue weighted by atomic mass is 19.4. The van der Waals surface area contributed by atoms with Crippen molar-refractivity contribution >= 4 is 11.6 Å². The molecule has 0 aromatic heterocycles. The molecule has 2 rings (SSSR count). The van der Waals surface area contributed by atoms with Gasteiger partial charge in [-0.15, -0.1) is 13.2 Å². The summed E-state index contributed by atoms with van der Waals surface area (Å²) in [4.78, 5) is 12.1. The van der Waals surface area contributed by atoms with Crippen molar-refractivity contribution < 1.29 is 54.5 Å². The van der Waals surface area contributed by atoms with Crippen molar-refractivity contribution in [2.45, 2.75) is 44.5 Å². The minimum absolute atomic E-state index is 0.266. The van der Waals surface area contributed by atoms with Crippen LogP contribution in [0.4, 0.5) is 35.1 Å². The first-order chi connectivity index (χ1) is 13.7. The third-order valence-corrected chi connectivity index (χ3v) is 4.31. The Labute approximate surface area is 164 Å². The molecule has 1 aliphatic rings. The lowest BCUT2D eigenvalue weighted by Crippen LogP contribution is -2.39. The van der Waals surface area contributed by atoms with Crippen LogP contribution in [-0.2, 0) is 9.53 Å². The molecule has 2 N–H and O–H groups in total. The summed E-state index contributed by atoms with van der Waals surface area (Å²) in [5.41, 5.74) is -3.26.